The summed E-state index contributed by atoms with van der Waals surface area (Å²) in [5.41, 5.74) is 2.46. The van der Waals surface area contributed by atoms with E-state index >= 15 is 0 Å². The number of aryl methyl sites for hydroxylation is 1. The number of hydrogen-bond acceptors (Lipinski definition) is 4. The van der Waals surface area contributed by atoms with E-state index in [0.29, 0.717) is 12.0 Å². The number of methoxy groups -OCH3 is 1. The van der Waals surface area contributed by atoms with Gasteiger partial charge >= 0.3 is 5.97 Å². The van der Waals surface area contributed by atoms with Crippen LogP contribution in [0.5, 0.6) is 5.75 Å². The number of anilines is 2. The lowest BCUT2D eigenvalue weighted by molar-refractivity contribution is 0.0689. The van der Waals surface area contributed by atoms with Crippen molar-refractivity contribution in [3.8, 4) is 5.75 Å². The molecule has 0 unspecified atom stereocenters. The Morgan fingerprint density at radius 3 is 2.55 bits per heavy atom. The largest absolute Gasteiger partial charge is 0.497 e. The maximum absolute atomic E-state index is 11.0. The van der Waals surface area contributed by atoms with E-state index in [1.54, 1.807) is 13.2 Å². The molecule has 0 fully saturated rings. The van der Waals surface area contributed by atoms with Crippen LogP contribution in [-0.2, 0) is 6.42 Å². The van der Waals surface area contributed by atoms with Crippen LogP contribution in [0, 0.1) is 0 Å². The number of ether oxygens (including phenoxy) is 1. The second-order valence-electron chi connectivity index (χ2n) is 4.24. The highest BCUT2D eigenvalue weighted by Gasteiger charge is 2.11. The molecule has 0 bridgehead atoms. The highest BCUT2D eigenvalue weighted by Crippen LogP contribution is 2.21. The lowest BCUT2D eigenvalue weighted by Crippen LogP contribution is -2.06. The third-order valence-electron chi connectivity index (χ3n) is 2.93. The van der Waals surface area contributed by atoms with Crippen LogP contribution in [0.1, 0.15) is 23.0 Å². The average molecular weight is 272 g/mol. The molecule has 0 aliphatic heterocycles. The second kappa shape index (κ2) is 6.06. The standard InChI is InChI=1S/C15H16N2O3/c1-3-10-8-12(9-16-14(10)15(18)19)17-11-4-6-13(20-2)7-5-11/h4-9,17H,3H2,1-2H3,(H,18,19). The van der Waals surface area contributed by atoms with Crippen LogP contribution in [0.25, 0.3) is 0 Å². The van der Waals surface area contributed by atoms with Gasteiger partial charge in [0.1, 0.15) is 5.75 Å². The fourth-order valence-electron chi connectivity index (χ4n) is 1.88. The van der Waals surface area contributed by atoms with Gasteiger partial charge in [0.05, 0.1) is 19.0 Å². The van der Waals surface area contributed by atoms with Gasteiger partial charge < -0.3 is 15.2 Å². The lowest BCUT2D eigenvalue weighted by Gasteiger charge is -2.09. The van der Waals surface area contributed by atoms with Crippen LogP contribution in [0.4, 0.5) is 11.4 Å². The van der Waals surface area contributed by atoms with Gasteiger partial charge in [-0.1, -0.05) is 6.92 Å². The molecule has 104 valence electrons. The molecule has 0 saturated heterocycles. The Labute approximate surface area is 117 Å². The van der Waals surface area contributed by atoms with Gasteiger partial charge in [0.15, 0.2) is 5.69 Å². The quantitative estimate of drug-likeness (QED) is 0.875. The molecule has 2 rings (SSSR count). The zero-order chi connectivity index (χ0) is 14.5. The predicted octanol–water partition coefficient (Wildman–Crippen LogP) is 3.09. The summed E-state index contributed by atoms with van der Waals surface area (Å²) in [6.45, 7) is 1.90. The van der Waals surface area contributed by atoms with Gasteiger partial charge in [-0.2, -0.15) is 0 Å². The van der Waals surface area contributed by atoms with Crippen molar-refractivity contribution in [3.05, 3.63) is 47.8 Å². The van der Waals surface area contributed by atoms with Crippen molar-refractivity contribution in [1.29, 1.82) is 0 Å². The molecular formula is C15H16N2O3. The number of carbonyl (C=O) groups is 1. The molecule has 0 spiro atoms. The smallest absolute Gasteiger partial charge is 0.354 e. The van der Waals surface area contributed by atoms with Gasteiger partial charge in [-0.15, -0.1) is 0 Å². The van der Waals surface area contributed by atoms with Crippen molar-refractivity contribution >= 4 is 17.3 Å². The molecule has 1 aromatic heterocycles. The first-order valence-corrected chi connectivity index (χ1v) is 6.27. The number of rotatable bonds is 5. The number of benzene rings is 1. The third-order valence-corrected chi connectivity index (χ3v) is 2.93. The summed E-state index contributed by atoms with van der Waals surface area (Å²) in [5, 5.41) is 12.2. The summed E-state index contributed by atoms with van der Waals surface area (Å²) in [7, 11) is 1.62. The van der Waals surface area contributed by atoms with E-state index in [2.05, 4.69) is 10.3 Å². The summed E-state index contributed by atoms with van der Waals surface area (Å²) in [6.07, 6.45) is 2.14. The van der Waals surface area contributed by atoms with Gasteiger partial charge in [0.2, 0.25) is 0 Å². The van der Waals surface area contributed by atoms with Crippen molar-refractivity contribution in [3.63, 3.8) is 0 Å². The first-order chi connectivity index (χ1) is 9.63. The van der Waals surface area contributed by atoms with E-state index in [1.165, 1.54) is 6.20 Å². The third kappa shape index (κ3) is 3.06. The molecule has 0 saturated carbocycles. The summed E-state index contributed by atoms with van der Waals surface area (Å²) in [6, 6.07) is 9.27. The Morgan fingerprint density at radius 2 is 2.00 bits per heavy atom. The topological polar surface area (TPSA) is 71.5 Å². The minimum atomic E-state index is -1.00. The molecule has 0 atom stereocenters. The SMILES string of the molecule is CCc1cc(Nc2ccc(OC)cc2)cnc1C(=O)O. The summed E-state index contributed by atoms with van der Waals surface area (Å²) in [5.74, 6) is -0.220. The Bertz CT molecular complexity index is 609. The van der Waals surface area contributed by atoms with Crippen LogP contribution in [0.3, 0.4) is 0 Å². The van der Waals surface area contributed by atoms with Gasteiger partial charge in [-0.25, -0.2) is 9.78 Å². The fourth-order valence-corrected chi connectivity index (χ4v) is 1.88. The van der Waals surface area contributed by atoms with Gasteiger partial charge in [0, 0.05) is 5.69 Å². The number of nitrogens with zero attached hydrogens (tertiary/aromatic N) is 1. The van der Waals surface area contributed by atoms with Crippen LogP contribution in [0.15, 0.2) is 36.5 Å². The number of aromatic nitrogens is 1. The molecule has 5 heteroatoms. The van der Waals surface area contributed by atoms with E-state index in [4.69, 9.17) is 9.84 Å². The first-order valence-electron chi connectivity index (χ1n) is 6.27. The van der Waals surface area contributed by atoms with E-state index in [-0.39, 0.29) is 5.69 Å². The highest BCUT2D eigenvalue weighted by molar-refractivity contribution is 5.87. The van der Waals surface area contributed by atoms with Crippen molar-refractivity contribution < 1.29 is 14.6 Å². The average Bonchev–Trinajstić information content (AvgIpc) is 2.47. The molecule has 5 nitrogen and oxygen atoms in total. The van der Waals surface area contributed by atoms with E-state index in [0.717, 1.165) is 17.1 Å². The zero-order valence-electron chi connectivity index (χ0n) is 11.4. The van der Waals surface area contributed by atoms with E-state index in [1.807, 2.05) is 31.2 Å². The maximum atomic E-state index is 11.0. The number of hydrogen-bond donors (Lipinski definition) is 2. The Kier molecular flexibility index (Phi) is 4.20. The molecule has 1 aromatic carbocycles. The Balaban J connectivity index is 2.22. The van der Waals surface area contributed by atoms with Crippen molar-refractivity contribution in [2.75, 3.05) is 12.4 Å². The minimum Gasteiger partial charge on any atom is -0.497 e. The number of nitrogens with one attached hydrogen (secondary N) is 1. The molecule has 20 heavy (non-hydrogen) atoms. The van der Waals surface area contributed by atoms with Gasteiger partial charge in [0.25, 0.3) is 0 Å². The van der Waals surface area contributed by atoms with Crippen LogP contribution in [-0.4, -0.2) is 23.2 Å². The van der Waals surface area contributed by atoms with E-state index in [9.17, 15) is 4.79 Å². The van der Waals surface area contributed by atoms with Crippen LogP contribution >= 0.6 is 0 Å². The summed E-state index contributed by atoms with van der Waals surface area (Å²) >= 11 is 0. The molecule has 0 radical (unpaired) electrons. The Morgan fingerprint density at radius 1 is 1.30 bits per heavy atom. The molecule has 0 aliphatic rings. The number of pyridine rings is 1. The van der Waals surface area contributed by atoms with Gasteiger partial charge in [-0.3, -0.25) is 0 Å². The molecular weight excluding hydrogens is 256 g/mol. The lowest BCUT2D eigenvalue weighted by atomic mass is 10.1. The van der Waals surface area contributed by atoms with Crippen molar-refractivity contribution in [1.82, 2.24) is 4.98 Å². The summed E-state index contributed by atoms with van der Waals surface area (Å²) < 4.78 is 5.09. The molecule has 2 N–H and O–H groups in total. The van der Waals surface area contributed by atoms with Crippen molar-refractivity contribution in [2.24, 2.45) is 0 Å². The van der Waals surface area contributed by atoms with E-state index < -0.39 is 5.97 Å². The van der Waals surface area contributed by atoms with Crippen LogP contribution < -0.4 is 10.1 Å². The monoisotopic (exact) mass is 272 g/mol. The zero-order valence-corrected chi connectivity index (χ0v) is 11.4. The molecule has 1 heterocycles. The number of carboxylic acid groups (broad SMARTS) is 1. The van der Waals surface area contributed by atoms with Gasteiger partial charge in [-0.05, 0) is 42.3 Å². The van der Waals surface area contributed by atoms with Crippen LogP contribution in [0.2, 0.25) is 0 Å². The second-order valence-corrected chi connectivity index (χ2v) is 4.24. The number of carboxylic acids is 1. The van der Waals surface area contributed by atoms with Crippen molar-refractivity contribution in [2.45, 2.75) is 13.3 Å². The molecule has 0 aliphatic carbocycles. The minimum absolute atomic E-state index is 0.104. The Hall–Kier alpha value is -2.56. The predicted molar refractivity (Wildman–Crippen MR) is 76.9 cm³/mol. The highest BCUT2D eigenvalue weighted by atomic mass is 16.5. The number of aromatic carboxylic acids is 1. The fraction of sp³-hybridized carbons (Fsp3) is 0.200. The molecule has 0 amide bonds. The maximum Gasteiger partial charge on any atom is 0.354 e. The summed E-state index contributed by atoms with van der Waals surface area (Å²) in [4.78, 5) is 15.0. The first kappa shape index (κ1) is 13.9. The molecule has 2 aromatic rings. The normalized spacial score (nSPS) is 10.1.